The van der Waals surface area contributed by atoms with Gasteiger partial charge >= 0.3 is 5.69 Å². The number of hydrogen-bond acceptors (Lipinski definition) is 3. The molecule has 2 aromatic heterocycles. The predicted molar refractivity (Wildman–Crippen MR) is 63.4 cm³/mol. The van der Waals surface area contributed by atoms with Gasteiger partial charge in [0.1, 0.15) is 0 Å². The van der Waals surface area contributed by atoms with E-state index in [1.54, 1.807) is 28.6 Å². The molecule has 0 unspecified atom stereocenters. The third-order valence-corrected chi connectivity index (χ3v) is 2.96. The Kier molecular flexibility index (Phi) is 2.35. The van der Waals surface area contributed by atoms with E-state index in [2.05, 4.69) is 4.98 Å². The van der Waals surface area contributed by atoms with Crippen LogP contribution in [0.5, 0.6) is 0 Å². The summed E-state index contributed by atoms with van der Waals surface area (Å²) >= 11 is 0. The van der Waals surface area contributed by atoms with Gasteiger partial charge < -0.3 is 5.73 Å². The lowest BCUT2D eigenvalue weighted by Crippen LogP contribution is -2.41. The fraction of sp³-hybridized carbons (Fsp3) is 0.455. The summed E-state index contributed by atoms with van der Waals surface area (Å²) in [7, 11) is 1.75. The lowest BCUT2D eigenvalue weighted by Gasteiger charge is -2.24. The second-order valence-electron chi connectivity index (χ2n) is 4.56. The third kappa shape index (κ3) is 1.36. The molecular formula is C11H16N4O. The monoisotopic (exact) mass is 220 g/mol. The Balaban J connectivity index is 2.90. The van der Waals surface area contributed by atoms with Crippen molar-refractivity contribution in [2.45, 2.75) is 19.4 Å². The first kappa shape index (κ1) is 10.9. The molecule has 16 heavy (non-hydrogen) atoms. The van der Waals surface area contributed by atoms with Crippen molar-refractivity contribution in [2.24, 2.45) is 12.8 Å². The van der Waals surface area contributed by atoms with E-state index in [-0.39, 0.29) is 5.69 Å². The number of aryl methyl sites for hydroxylation is 1. The van der Waals surface area contributed by atoms with Crippen LogP contribution in [-0.2, 0) is 12.6 Å². The van der Waals surface area contributed by atoms with Crippen molar-refractivity contribution in [2.75, 3.05) is 6.54 Å². The van der Waals surface area contributed by atoms with Gasteiger partial charge in [-0.3, -0.25) is 14.1 Å². The first-order valence-corrected chi connectivity index (χ1v) is 5.21. The average molecular weight is 220 g/mol. The zero-order chi connectivity index (χ0) is 11.9. The Hall–Kier alpha value is -1.62. The van der Waals surface area contributed by atoms with E-state index in [0.717, 1.165) is 11.0 Å². The van der Waals surface area contributed by atoms with Gasteiger partial charge in [0.2, 0.25) is 0 Å². The van der Waals surface area contributed by atoms with Crippen LogP contribution in [0.25, 0.3) is 11.0 Å². The van der Waals surface area contributed by atoms with Crippen LogP contribution >= 0.6 is 0 Å². The van der Waals surface area contributed by atoms with E-state index in [1.165, 1.54) is 0 Å². The van der Waals surface area contributed by atoms with Gasteiger partial charge in [0.15, 0.2) is 0 Å². The fourth-order valence-corrected chi connectivity index (χ4v) is 1.86. The van der Waals surface area contributed by atoms with Gasteiger partial charge in [0, 0.05) is 19.8 Å². The van der Waals surface area contributed by atoms with Crippen LogP contribution in [0.1, 0.15) is 13.8 Å². The molecule has 0 fully saturated rings. The molecule has 0 bridgehead atoms. The highest BCUT2D eigenvalue weighted by Gasteiger charge is 2.24. The molecule has 0 aliphatic heterocycles. The van der Waals surface area contributed by atoms with Crippen LogP contribution in [0.2, 0.25) is 0 Å². The van der Waals surface area contributed by atoms with Crippen molar-refractivity contribution >= 4 is 11.0 Å². The minimum atomic E-state index is -0.391. The molecule has 0 aliphatic rings. The summed E-state index contributed by atoms with van der Waals surface area (Å²) in [6.07, 6.45) is 3.38. The van der Waals surface area contributed by atoms with Crippen LogP contribution in [-0.4, -0.2) is 20.7 Å². The van der Waals surface area contributed by atoms with E-state index in [4.69, 9.17) is 5.73 Å². The molecule has 0 aliphatic carbocycles. The highest BCUT2D eigenvalue weighted by atomic mass is 16.1. The summed E-state index contributed by atoms with van der Waals surface area (Å²) in [5, 5.41) is 0. The molecule has 0 saturated carbocycles. The minimum Gasteiger partial charge on any atom is -0.328 e. The summed E-state index contributed by atoms with van der Waals surface area (Å²) in [5.41, 5.74) is 6.98. The first-order valence-electron chi connectivity index (χ1n) is 5.21. The Labute approximate surface area is 93.5 Å². The number of imidazole rings is 1. The maximum atomic E-state index is 12.1. The van der Waals surface area contributed by atoms with Crippen molar-refractivity contribution in [3.05, 3.63) is 28.9 Å². The lowest BCUT2D eigenvalue weighted by atomic mass is 10.1. The number of hydrogen-bond donors (Lipinski definition) is 1. The topological polar surface area (TPSA) is 65.8 Å². The van der Waals surface area contributed by atoms with Gasteiger partial charge in [0.25, 0.3) is 0 Å². The molecule has 0 saturated heterocycles. The average Bonchev–Trinajstić information content (AvgIpc) is 2.53. The van der Waals surface area contributed by atoms with Gasteiger partial charge in [-0.1, -0.05) is 0 Å². The second-order valence-corrected chi connectivity index (χ2v) is 4.56. The molecule has 86 valence electrons. The number of pyridine rings is 1. The molecule has 0 spiro atoms. The zero-order valence-corrected chi connectivity index (χ0v) is 9.77. The molecule has 2 heterocycles. The SMILES string of the molecule is Cn1c(=O)n(C(C)(C)CN)c2ccncc21. The standard InChI is InChI=1S/C11H16N4O/c1-11(2,7-12)15-8-4-5-13-6-9(8)14(3)10(15)16/h4-6H,7,12H2,1-3H3. The van der Waals surface area contributed by atoms with Crippen LogP contribution in [0.15, 0.2) is 23.3 Å². The summed E-state index contributed by atoms with van der Waals surface area (Å²) in [4.78, 5) is 16.2. The number of nitrogens with zero attached hydrogens (tertiary/aromatic N) is 3. The normalized spacial score (nSPS) is 12.2. The number of nitrogens with two attached hydrogens (primary N) is 1. The summed E-state index contributed by atoms with van der Waals surface area (Å²) in [6.45, 7) is 4.32. The molecule has 5 heteroatoms. The van der Waals surface area contributed by atoms with Crippen LogP contribution in [0.4, 0.5) is 0 Å². The van der Waals surface area contributed by atoms with E-state index >= 15 is 0 Å². The molecule has 2 rings (SSSR count). The summed E-state index contributed by atoms with van der Waals surface area (Å²) in [5.74, 6) is 0. The fourth-order valence-electron chi connectivity index (χ4n) is 1.86. The molecule has 5 nitrogen and oxygen atoms in total. The van der Waals surface area contributed by atoms with Gasteiger partial charge in [-0.15, -0.1) is 0 Å². The first-order chi connectivity index (χ1) is 7.49. The molecule has 0 atom stereocenters. The highest BCUT2D eigenvalue weighted by molar-refractivity contribution is 5.75. The van der Waals surface area contributed by atoms with Gasteiger partial charge in [-0.05, 0) is 19.9 Å². The van der Waals surface area contributed by atoms with Crippen LogP contribution < -0.4 is 11.4 Å². The second kappa shape index (κ2) is 3.45. The Morgan fingerprint density at radius 3 is 2.75 bits per heavy atom. The van der Waals surface area contributed by atoms with Crippen molar-refractivity contribution in [3.8, 4) is 0 Å². The number of aromatic nitrogens is 3. The van der Waals surface area contributed by atoms with Crippen LogP contribution in [0, 0.1) is 0 Å². The van der Waals surface area contributed by atoms with Gasteiger partial charge in [-0.25, -0.2) is 4.79 Å². The largest absolute Gasteiger partial charge is 0.329 e. The van der Waals surface area contributed by atoms with Crippen molar-refractivity contribution < 1.29 is 0 Å². The Morgan fingerprint density at radius 1 is 1.44 bits per heavy atom. The zero-order valence-electron chi connectivity index (χ0n) is 9.77. The maximum absolute atomic E-state index is 12.1. The van der Waals surface area contributed by atoms with E-state index in [0.29, 0.717) is 6.54 Å². The Morgan fingerprint density at radius 2 is 2.12 bits per heavy atom. The van der Waals surface area contributed by atoms with Gasteiger partial charge in [0.05, 0.1) is 22.8 Å². The quantitative estimate of drug-likeness (QED) is 0.798. The molecule has 2 N–H and O–H groups in total. The minimum absolute atomic E-state index is 0.0570. The van der Waals surface area contributed by atoms with E-state index < -0.39 is 5.54 Å². The summed E-state index contributed by atoms with van der Waals surface area (Å²) < 4.78 is 3.32. The molecule has 0 amide bonds. The van der Waals surface area contributed by atoms with Crippen molar-refractivity contribution in [3.63, 3.8) is 0 Å². The summed E-state index contributed by atoms with van der Waals surface area (Å²) in [6, 6.07) is 1.84. The Bertz CT molecular complexity index is 579. The third-order valence-electron chi connectivity index (χ3n) is 2.96. The van der Waals surface area contributed by atoms with Crippen molar-refractivity contribution in [1.82, 2.24) is 14.1 Å². The van der Waals surface area contributed by atoms with Gasteiger partial charge in [-0.2, -0.15) is 0 Å². The molecule has 0 aromatic carbocycles. The number of fused-ring (bicyclic) bond motifs is 1. The molecule has 2 aromatic rings. The molecular weight excluding hydrogens is 204 g/mol. The predicted octanol–water partition coefficient (Wildman–Crippen LogP) is 0.429. The van der Waals surface area contributed by atoms with E-state index in [1.807, 2.05) is 19.9 Å². The lowest BCUT2D eigenvalue weighted by molar-refractivity contribution is 0.363. The maximum Gasteiger partial charge on any atom is 0.329 e. The van der Waals surface area contributed by atoms with Crippen LogP contribution in [0.3, 0.4) is 0 Å². The number of rotatable bonds is 2. The smallest absolute Gasteiger partial charge is 0.328 e. The van der Waals surface area contributed by atoms with Crippen molar-refractivity contribution in [1.29, 1.82) is 0 Å². The highest BCUT2D eigenvalue weighted by Crippen LogP contribution is 2.18. The molecule has 0 radical (unpaired) electrons. The van der Waals surface area contributed by atoms with E-state index in [9.17, 15) is 4.79 Å².